The van der Waals surface area contributed by atoms with Crippen LogP contribution in [-0.4, -0.2) is 12.1 Å². The molecular weight excluding hydrogens is 448 g/mol. The molecule has 8 atom stereocenters. The van der Waals surface area contributed by atoms with Crippen molar-refractivity contribution in [2.45, 2.75) is 102 Å². The number of nitrogens with one attached hydrogen (secondary N) is 1. The molecular formula is C29H41F2NOS. The molecule has 2 nitrogen and oxygen atoms in total. The number of benzene rings is 1. The lowest BCUT2D eigenvalue weighted by atomic mass is 9.44. The number of hydrogen-bond acceptors (Lipinski definition) is 2. The highest BCUT2D eigenvalue weighted by Crippen LogP contribution is 2.68. The van der Waals surface area contributed by atoms with E-state index in [1.807, 2.05) is 0 Å². The highest BCUT2D eigenvalue weighted by atomic mass is 32.2. The zero-order chi connectivity index (χ0) is 23.9. The normalized spacial score (nSPS) is 41.3. The van der Waals surface area contributed by atoms with E-state index in [2.05, 4.69) is 18.6 Å². The fourth-order valence-corrected chi connectivity index (χ4v) is 9.77. The first kappa shape index (κ1) is 24.6. The van der Waals surface area contributed by atoms with Gasteiger partial charge in [0.05, 0.1) is 0 Å². The molecule has 4 aliphatic rings. The molecule has 1 aromatic rings. The molecule has 0 aromatic heterocycles. The van der Waals surface area contributed by atoms with Gasteiger partial charge in [-0.3, -0.25) is 9.52 Å². The first-order valence-corrected chi connectivity index (χ1v) is 14.5. The van der Waals surface area contributed by atoms with Crippen molar-refractivity contribution in [1.82, 2.24) is 4.72 Å². The van der Waals surface area contributed by atoms with Crippen LogP contribution in [0.2, 0.25) is 0 Å². The quantitative estimate of drug-likeness (QED) is 0.409. The molecule has 0 bridgehead atoms. The van der Waals surface area contributed by atoms with Gasteiger partial charge in [0.1, 0.15) is 12.0 Å². The minimum absolute atomic E-state index is 0.0296. The predicted molar refractivity (Wildman–Crippen MR) is 134 cm³/mol. The molecule has 0 aliphatic heterocycles. The van der Waals surface area contributed by atoms with Gasteiger partial charge in [-0.1, -0.05) is 19.9 Å². The lowest BCUT2D eigenvalue weighted by Gasteiger charge is -2.61. The SMILES string of the molecule is CC12CCC3C(CCC4C(F)CCCC43C)C1CCC2CCCC(=O)NSc1cccc(F)c1. The maximum absolute atomic E-state index is 14.9. The van der Waals surface area contributed by atoms with E-state index in [4.69, 9.17) is 0 Å². The first-order valence-electron chi connectivity index (χ1n) is 13.7. The zero-order valence-corrected chi connectivity index (χ0v) is 21.6. The Hall–Kier alpha value is -1.10. The number of fused-ring (bicyclic) bond motifs is 5. The van der Waals surface area contributed by atoms with Crippen LogP contribution in [0.1, 0.15) is 90.9 Å². The third kappa shape index (κ3) is 4.44. The number of halogens is 2. The summed E-state index contributed by atoms with van der Waals surface area (Å²) < 4.78 is 31.0. The van der Waals surface area contributed by atoms with Gasteiger partial charge in [0.15, 0.2) is 0 Å². The standard InChI is InChI=1S/C29H41F2NOS/c1-28-17-15-24-22(12-14-25-26(31)9-5-16-29(24,25)2)23(28)13-11-19(28)6-3-10-27(33)32-34-21-8-4-7-20(30)18-21/h4,7-8,18-19,22-26H,3,5-6,9-17H2,1-2H3,(H,32,33). The number of rotatable bonds is 6. The summed E-state index contributed by atoms with van der Waals surface area (Å²) in [6.45, 7) is 4.98. The van der Waals surface area contributed by atoms with E-state index in [-0.39, 0.29) is 17.1 Å². The van der Waals surface area contributed by atoms with E-state index in [1.165, 1.54) is 62.6 Å². The third-order valence-electron chi connectivity index (χ3n) is 10.8. The second kappa shape index (κ2) is 9.75. The molecule has 4 fully saturated rings. The molecule has 1 amide bonds. The van der Waals surface area contributed by atoms with Crippen molar-refractivity contribution >= 4 is 17.9 Å². The summed E-state index contributed by atoms with van der Waals surface area (Å²) in [5.74, 6) is 3.02. The van der Waals surface area contributed by atoms with Crippen LogP contribution >= 0.6 is 11.9 Å². The van der Waals surface area contributed by atoms with Crippen LogP contribution in [0.4, 0.5) is 8.78 Å². The van der Waals surface area contributed by atoms with Crippen LogP contribution < -0.4 is 4.72 Å². The highest BCUT2D eigenvalue weighted by molar-refractivity contribution is 7.98. The molecule has 4 saturated carbocycles. The minimum Gasteiger partial charge on any atom is -0.296 e. The van der Waals surface area contributed by atoms with Crippen LogP contribution in [0, 0.1) is 46.2 Å². The Bertz CT molecular complexity index is 895. The van der Waals surface area contributed by atoms with E-state index in [0.717, 1.165) is 48.8 Å². The Labute approximate surface area is 208 Å². The topological polar surface area (TPSA) is 29.1 Å². The maximum Gasteiger partial charge on any atom is 0.230 e. The van der Waals surface area contributed by atoms with Crippen molar-refractivity contribution in [3.05, 3.63) is 30.1 Å². The summed E-state index contributed by atoms with van der Waals surface area (Å²) in [6.07, 6.45) is 12.6. The summed E-state index contributed by atoms with van der Waals surface area (Å²) in [5, 5.41) is 0. The van der Waals surface area contributed by atoms with Gasteiger partial charge in [-0.15, -0.1) is 0 Å². The fourth-order valence-electron chi connectivity index (χ4n) is 9.12. The first-order chi connectivity index (χ1) is 16.3. The molecule has 0 radical (unpaired) electrons. The average molecular weight is 490 g/mol. The zero-order valence-electron chi connectivity index (χ0n) is 20.8. The largest absolute Gasteiger partial charge is 0.296 e. The summed E-state index contributed by atoms with van der Waals surface area (Å²) in [6, 6.07) is 6.31. The maximum atomic E-state index is 14.9. The molecule has 4 aliphatic carbocycles. The van der Waals surface area contributed by atoms with Gasteiger partial charge in [0.25, 0.3) is 0 Å². The number of alkyl halides is 1. The number of hydrogen-bond donors (Lipinski definition) is 1. The molecule has 188 valence electrons. The van der Waals surface area contributed by atoms with Crippen LogP contribution in [0.5, 0.6) is 0 Å². The second-order valence-electron chi connectivity index (χ2n) is 12.3. The van der Waals surface area contributed by atoms with Gasteiger partial charge in [-0.25, -0.2) is 8.78 Å². The Kier molecular flexibility index (Phi) is 7.05. The lowest BCUT2D eigenvalue weighted by Crippen LogP contribution is -2.54. The Morgan fingerprint density at radius 2 is 1.82 bits per heavy atom. The van der Waals surface area contributed by atoms with Gasteiger partial charge in [-0.2, -0.15) is 0 Å². The van der Waals surface area contributed by atoms with Crippen molar-refractivity contribution in [2.24, 2.45) is 40.4 Å². The molecule has 1 aromatic carbocycles. The molecule has 0 saturated heterocycles. The number of amides is 1. The highest BCUT2D eigenvalue weighted by Gasteiger charge is 2.60. The molecule has 34 heavy (non-hydrogen) atoms. The molecule has 5 heteroatoms. The van der Waals surface area contributed by atoms with Crippen molar-refractivity contribution in [3.8, 4) is 0 Å². The summed E-state index contributed by atoms with van der Waals surface area (Å²) >= 11 is 1.20. The summed E-state index contributed by atoms with van der Waals surface area (Å²) in [5.41, 5.74) is 0.609. The lowest BCUT2D eigenvalue weighted by molar-refractivity contribution is -0.130. The average Bonchev–Trinajstić information content (AvgIpc) is 3.14. The Morgan fingerprint density at radius 1 is 1.03 bits per heavy atom. The third-order valence-corrected chi connectivity index (χ3v) is 11.6. The number of carbonyl (C=O) groups excluding carboxylic acids is 1. The summed E-state index contributed by atoms with van der Waals surface area (Å²) in [4.78, 5) is 13.1. The van der Waals surface area contributed by atoms with Crippen LogP contribution in [0.3, 0.4) is 0 Å². The van der Waals surface area contributed by atoms with Crippen LogP contribution in [-0.2, 0) is 4.79 Å². The number of carbonyl (C=O) groups is 1. The molecule has 0 heterocycles. The molecule has 0 spiro atoms. The van der Waals surface area contributed by atoms with Gasteiger partial charge >= 0.3 is 0 Å². The van der Waals surface area contributed by atoms with Gasteiger partial charge < -0.3 is 0 Å². The van der Waals surface area contributed by atoms with Crippen LogP contribution in [0.25, 0.3) is 0 Å². The van der Waals surface area contributed by atoms with Crippen molar-refractivity contribution < 1.29 is 13.6 Å². The summed E-state index contributed by atoms with van der Waals surface area (Å²) in [7, 11) is 0. The molecule has 1 N–H and O–H groups in total. The van der Waals surface area contributed by atoms with E-state index in [1.54, 1.807) is 12.1 Å². The monoisotopic (exact) mass is 489 g/mol. The van der Waals surface area contributed by atoms with E-state index < -0.39 is 6.17 Å². The second-order valence-corrected chi connectivity index (χ2v) is 13.2. The smallest absolute Gasteiger partial charge is 0.230 e. The minimum atomic E-state index is -0.574. The van der Waals surface area contributed by atoms with Crippen molar-refractivity contribution in [3.63, 3.8) is 0 Å². The molecule has 5 rings (SSSR count). The van der Waals surface area contributed by atoms with Gasteiger partial charge in [-0.05, 0) is 141 Å². The van der Waals surface area contributed by atoms with Gasteiger partial charge in [0.2, 0.25) is 5.91 Å². The van der Waals surface area contributed by atoms with Crippen LogP contribution in [0.15, 0.2) is 29.2 Å². The fraction of sp³-hybridized carbons (Fsp3) is 0.759. The van der Waals surface area contributed by atoms with E-state index in [9.17, 15) is 13.6 Å². The van der Waals surface area contributed by atoms with Gasteiger partial charge in [0, 0.05) is 11.3 Å². The van der Waals surface area contributed by atoms with Crippen molar-refractivity contribution in [2.75, 3.05) is 0 Å². The Morgan fingerprint density at radius 3 is 2.65 bits per heavy atom. The Balaban J connectivity index is 1.14. The van der Waals surface area contributed by atoms with Crippen molar-refractivity contribution in [1.29, 1.82) is 0 Å². The predicted octanol–water partition coefficient (Wildman–Crippen LogP) is 8.12. The van der Waals surface area contributed by atoms with E-state index >= 15 is 0 Å². The molecule has 8 unspecified atom stereocenters. The van der Waals surface area contributed by atoms with E-state index in [0.29, 0.717) is 29.6 Å².